The number of likely N-dealkylation sites (tertiary alicyclic amines) is 2. The molecule has 3 nitrogen and oxygen atoms in total. The Morgan fingerprint density at radius 2 is 1.96 bits per heavy atom. The van der Waals surface area contributed by atoms with Crippen LogP contribution in [0.4, 0.5) is 4.39 Å². The minimum absolute atomic E-state index is 0.119. The van der Waals surface area contributed by atoms with E-state index in [2.05, 4.69) is 23.6 Å². The maximum absolute atomic E-state index is 13.7. The lowest BCUT2D eigenvalue weighted by Gasteiger charge is -2.39. The van der Waals surface area contributed by atoms with Crippen LogP contribution in [0.1, 0.15) is 44.2 Å². The maximum atomic E-state index is 13.7. The van der Waals surface area contributed by atoms with Gasteiger partial charge >= 0.3 is 0 Å². The smallest absolute Gasteiger partial charge is 0.223 e. The number of carbonyl (C=O) groups excluding carboxylic acids is 1. The number of nitrogens with zero attached hydrogens (tertiary/aromatic N) is 2. The van der Waals surface area contributed by atoms with Gasteiger partial charge in [0.1, 0.15) is 5.82 Å². The first-order valence-electron chi connectivity index (χ1n) is 9.13. The van der Waals surface area contributed by atoms with E-state index in [9.17, 15) is 9.18 Å². The second kappa shape index (κ2) is 6.83. The van der Waals surface area contributed by atoms with Crippen LogP contribution in [0, 0.1) is 24.1 Å². The topological polar surface area (TPSA) is 23.6 Å². The quantitative estimate of drug-likeness (QED) is 0.841. The number of hydrogen-bond acceptors (Lipinski definition) is 2. The predicted octanol–water partition coefficient (Wildman–Crippen LogP) is 3.60. The molecular weight excluding hydrogens is 303 g/mol. The lowest BCUT2D eigenvalue weighted by atomic mass is 9.77. The van der Waals surface area contributed by atoms with Gasteiger partial charge in [0, 0.05) is 26.1 Å². The molecule has 2 saturated heterocycles. The van der Waals surface area contributed by atoms with E-state index in [-0.39, 0.29) is 11.2 Å². The minimum Gasteiger partial charge on any atom is -0.342 e. The third kappa shape index (κ3) is 3.64. The lowest BCUT2D eigenvalue weighted by molar-refractivity contribution is -0.128. The monoisotopic (exact) mass is 332 g/mol. The third-order valence-electron chi connectivity index (χ3n) is 5.68. The fraction of sp³-hybridized carbons (Fsp3) is 0.650. The molecule has 1 aromatic carbocycles. The molecule has 0 aliphatic carbocycles. The summed E-state index contributed by atoms with van der Waals surface area (Å²) in [5.41, 5.74) is 2.02. The van der Waals surface area contributed by atoms with Crippen molar-refractivity contribution in [3.63, 3.8) is 0 Å². The van der Waals surface area contributed by atoms with Crippen molar-refractivity contribution in [2.45, 2.75) is 46.6 Å². The second-order valence-electron chi connectivity index (χ2n) is 8.14. The summed E-state index contributed by atoms with van der Waals surface area (Å²) in [4.78, 5) is 16.8. The molecule has 0 saturated carbocycles. The van der Waals surface area contributed by atoms with Gasteiger partial charge in [0.15, 0.2) is 0 Å². The lowest BCUT2D eigenvalue weighted by Crippen LogP contribution is -2.41. The highest BCUT2D eigenvalue weighted by atomic mass is 19.1. The summed E-state index contributed by atoms with van der Waals surface area (Å²) in [6, 6.07) is 5.34. The van der Waals surface area contributed by atoms with E-state index in [0.29, 0.717) is 18.2 Å². The van der Waals surface area contributed by atoms with Crippen LogP contribution in [0.2, 0.25) is 0 Å². The minimum atomic E-state index is -0.119. The number of carbonyl (C=O) groups is 1. The maximum Gasteiger partial charge on any atom is 0.223 e. The van der Waals surface area contributed by atoms with Crippen molar-refractivity contribution < 1.29 is 9.18 Å². The summed E-state index contributed by atoms with van der Waals surface area (Å²) in [6.45, 7) is 10.8. The zero-order valence-electron chi connectivity index (χ0n) is 15.1. The molecule has 2 fully saturated rings. The van der Waals surface area contributed by atoms with Gasteiger partial charge in [0.05, 0.1) is 0 Å². The van der Waals surface area contributed by atoms with Gasteiger partial charge in [-0.3, -0.25) is 9.69 Å². The Labute approximate surface area is 144 Å². The van der Waals surface area contributed by atoms with E-state index in [4.69, 9.17) is 0 Å². The van der Waals surface area contributed by atoms with Crippen molar-refractivity contribution >= 4 is 5.91 Å². The molecule has 1 amide bonds. The zero-order valence-corrected chi connectivity index (χ0v) is 15.1. The number of piperidine rings is 1. The highest BCUT2D eigenvalue weighted by molar-refractivity contribution is 5.79. The summed E-state index contributed by atoms with van der Waals surface area (Å²) >= 11 is 0. The molecule has 2 aliphatic heterocycles. The number of rotatable bonds is 4. The number of halogens is 1. The highest BCUT2D eigenvalue weighted by Gasteiger charge is 2.44. The average molecular weight is 332 g/mol. The van der Waals surface area contributed by atoms with Gasteiger partial charge in [0.2, 0.25) is 5.91 Å². The molecule has 3 rings (SSSR count). The molecule has 0 atom stereocenters. The molecular formula is C20H29FN2O. The summed E-state index contributed by atoms with van der Waals surface area (Å²) in [5, 5.41) is 0. The van der Waals surface area contributed by atoms with Gasteiger partial charge in [-0.1, -0.05) is 26.0 Å². The molecule has 4 heteroatoms. The van der Waals surface area contributed by atoms with Crippen molar-refractivity contribution in [3.8, 4) is 0 Å². The Hall–Kier alpha value is -1.42. The SMILES string of the molecule is Cc1c(F)cccc1CN1CCC2(CC1)CC(=O)N(CC(C)C)C2. The molecule has 2 heterocycles. The Morgan fingerprint density at radius 3 is 2.62 bits per heavy atom. The molecule has 0 aromatic heterocycles. The van der Waals surface area contributed by atoms with Crippen LogP contribution in [0.3, 0.4) is 0 Å². The number of benzene rings is 1. The van der Waals surface area contributed by atoms with Crippen LogP contribution in [0.5, 0.6) is 0 Å². The Kier molecular flexibility index (Phi) is 4.95. The largest absolute Gasteiger partial charge is 0.342 e. The van der Waals surface area contributed by atoms with Crippen molar-refractivity contribution in [1.29, 1.82) is 0 Å². The molecule has 0 radical (unpaired) electrons. The normalized spacial score (nSPS) is 21.2. The first-order valence-corrected chi connectivity index (χ1v) is 9.13. The van der Waals surface area contributed by atoms with Gasteiger partial charge in [0.25, 0.3) is 0 Å². The van der Waals surface area contributed by atoms with E-state index >= 15 is 0 Å². The predicted molar refractivity (Wildman–Crippen MR) is 94.1 cm³/mol. The first kappa shape index (κ1) is 17.4. The molecule has 24 heavy (non-hydrogen) atoms. The van der Waals surface area contributed by atoms with E-state index < -0.39 is 0 Å². The molecule has 0 bridgehead atoms. The fourth-order valence-electron chi connectivity index (χ4n) is 4.17. The van der Waals surface area contributed by atoms with Crippen LogP contribution >= 0.6 is 0 Å². The first-order chi connectivity index (χ1) is 11.4. The fourth-order valence-corrected chi connectivity index (χ4v) is 4.17. The van der Waals surface area contributed by atoms with Crippen molar-refractivity contribution in [1.82, 2.24) is 9.80 Å². The van der Waals surface area contributed by atoms with Gasteiger partial charge in [-0.25, -0.2) is 4.39 Å². The van der Waals surface area contributed by atoms with Crippen LogP contribution in [0.15, 0.2) is 18.2 Å². The number of hydrogen-bond donors (Lipinski definition) is 0. The molecule has 2 aliphatic rings. The molecule has 1 aromatic rings. The zero-order chi connectivity index (χ0) is 17.3. The summed E-state index contributed by atoms with van der Waals surface area (Å²) in [7, 11) is 0. The van der Waals surface area contributed by atoms with Gasteiger partial charge in [-0.2, -0.15) is 0 Å². The molecule has 0 N–H and O–H groups in total. The summed E-state index contributed by atoms with van der Waals surface area (Å²) < 4.78 is 13.7. The van der Waals surface area contributed by atoms with Crippen LogP contribution in [-0.2, 0) is 11.3 Å². The van der Waals surface area contributed by atoms with Crippen molar-refractivity contribution in [2.24, 2.45) is 11.3 Å². The number of amides is 1. The molecule has 0 unspecified atom stereocenters. The van der Waals surface area contributed by atoms with Crippen LogP contribution < -0.4 is 0 Å². The Balaban J connectivity index is 1.58. The summed E-state index contributed by atoms with van der Waals surface area (Å²) in [6.07, 6.45) is 2.86. The van der Waals surface area contributed by atoms with Crippen molar-refractivity contribution in [3.05, 3.63) is 35.1 Å². The van der Waals surface area contributed by atoms with E-state index in [1.54, 1.807) is 6.07 Å². The second-order valence-corrected chi connectivity index (χ2v) is 8.14. The Morgan fingerprint density at radius 1 is 1.25 bits per heavy atom. The Bertz CT molecular complexity index is 606. The van der Waals surface area contributed by atoms with E-state index in [0.717, 1.165) is 56.7 Å². The van der Waals surface area contributed by atoms with Crippen molar-refractivity contribution in [2.75, 3.05) is 26.2 Å². The van der Waals surface area contributed by atoms with E-state index in [1.807, 2.05) is 13.0 Å². The molecule has 1 spiro atoms. The van der Waals surface area contributed by atoms with Crippen LogP contribution in [0.25, 0.3) is 0 Å². The highest BCUT2D eigenvalue weighted by Crippen LogP contribution is 2.41. The summed E-state index contributed by atoms with van der Waals surface area (Å²) in [5.74, 6) is 0.741. The van der Waals surface area contributed by atoms with Gasteiger partial charge in [-0.15, -0.1) is 0 Å². The third-order valence-corrected chi connectivity index (χ3v) is 5.68. The average Bonchev–Trinajstić information content (AvgIpc) is 2.81. The standard InChI is InChI=1S/C20H29FN2O/c1-15(2)12-23-14-20(11-19(23)24)7-9-22(10-8-20)13-17-5-4-6-18(21)16(17)3/h4-6,15H,7-14H2,1-3H3. The molecule has 132 valence electrons. The van der Waals surface area contributed by atoms with Crippen LogP contribution in [-0.4, -0.2) is 41.9 Å². The van der Waals surface area contributed by atoms with Gasteiger partial charge in [-0.05, 0) is 61.4 Å². The van der Waals surface area contributed by atoms with E-state index in [1.165, 1.54) is 6.07 Å². The van der Waals surface area contributed by atoms with Gasteiger partial charge < -0.3 is 4.90 Å².